The summed E-state index contributed by atoms with van der Waals surface area (Å²) in [6.45, 7) is 3.62. The third-order valence-corrected chi connectivity index (χ3v) is 2.40. The van der Waals surface area contributed by atoms with Crippen molar-refractivity contribution in [2.75, 3.05) is 18.6 Å². The number of methoxy groups -OCH3 is 1. The molecule has 1 aromatic rings. The van der Waals surface area contributed by atoms with Crippen LogP contribution in [-0.2, 0) is 9.53 Å². The molecule has 0 fully saturated rings. The molecule has 0 aliphatic rings. The summed E-state index contributed by atoms with van der Waals surface area (Å²) in [4.78, 5) is 27.7. The van der Waals surface area contributed by atoms with Crippen LogP contribution >= 0.6 is 0 Å². The lowest BCUT2D eigenvalue weighted by molar-refractivity contribution is -0.135. The van der Waals surface area contributed by atoms with E-state index in [0.29, 0.717) is 5.69 Å². The fraction of sp³-hybridized carbons (Fsp3) is 0.417. The molecule has 6 heteroatoms. The molecular weight excluding hydrogens is 236 g/mol. The average molecular weight is 252 g/mol. The summed E-state index contributed by atoms with van der Waals surface area (Å²) in [6.07, 6.45) is 1.46. The van der Waals surface area contributed by atoms with Gasteiger partial charge in [0.15, 0.2) is 0 Å². The maximum Gasteiger partial charge on any atom is 0.356 e. The van der Waals surface area contributed by atoms with Gasteiger partial charge in [-0.05, 0) is 26.0 Å². The number of esters is 1. The molecule has 0 radical (unpaired) electrons. The minimum absolute atomic E-state index is 0.00556. The lowest BCUT2D eigenvalue weighted by Gasteiger charge is -2.27. The molecule has 0 amide bonds. The Morgan fingerprint density at radius 1 is 1.50 bits per heavy atom. The number of hydrogen-bond acceptors (Lipinski definition) is 5. The van der Waals surface area contributed by atoms with Crippen LogP contribution in [0.2, 0.25) is 0 Å². The van der Waals surface area contributed by atoms with Crippen LogP contribution in [0.15, 0.2) is 18.3 Å². The van der Waals surface area contributed by atoms with Gasteiger partial charge in [0.25, 0.3) is 0 Å². The molecule has 1 heterocycles. The van der Waals surface area contributed by atoms with E-state index >= 15 is 0 Å². The summed E-state index contributed by atoms with van der Waals surface area (Å²) in [6, 6.07) is 3.18. The highest BCUT2D eigenvalue weighted by molar-refractivity contribution is 5.88. The van der Waals surface area contributed by atoms with Gasteiger partial charge in [0.1, 0.15) is 12.2 Å². The van der Waals surface area contributed by atoms with Crippen LogP contribution in [0.5, 0.6) is 0 Å². The normalized spacial score (nSPS) is 10.2. The second kappa shape index (κ2) is 6.00. The average Bonchev–Trinajstić information content (AvgIpc) is 2.34. The standard InChI is InChI=1S/C12H16N2O4/c1-8(2)14(7-11(15)16)9-4-5-13-10(6-9)12(17)18-3/h4-6,8H,7H2,1-3H3,(H,15,16). The monoisotopic (exact) mass is 252 g/mol. The van der Waals surface area contributed by atoms with E-state index < -0.39 is 11.9 Å². The van der Waals surface area contributed by atoms with Crippen molar-refractivity contribution < 1.29 is 19.4 Å². The Morgan fingerprint density at radius 2 is 2.17 bits per heavy atom. The van der Waals surface area contributed by atoms with Gasteiger partial charge >= 0.3 is 11.9 Å². The molecule has 0 aromatic carbocycles. The number of pyridine rings is 1. The summed E-state index contributed by atoms with van der Waals surface area (Å²) in [5.74, 6) is -1.48. The number of aliphatic carboxylic acids is 1. The maximum atomic E-state index is 11.4. The van der Waals surface area contributed by atoms with Crippen molar-refractivity contribution in [3.63, 3.8) is 0 Å². The van der Waals surface area contributed by atoms with Crippen molar-refractivity contribution in [2.24, 2.45) is 0 Å². The molecule has 0 atom stereocenters. The number of anilines is 1. The minimum Gasteiger partial charge on any atom is -0.480 e. The van der Waals surface area contributed by atoms with Gasteiger partial charge in [-0.1, -0.05) is 0 Å². The molecule has 0 aliphatic carbocycles. The lowest BCUT2D eigenvalue weighted by atomic mass is 10.2. The van der Waals surface area contributed by atoms with Crippen molar-refractivity contribution in [3.05, 3.63) is 24.0 Å². The number of carbonyl (C=O) groups excluding carboxylic acids is 1. The molecule has 1 N–H and O–H groups in total. The van der Waals surface area contributed by atoms with Gasteiger partial charge < -0.3 is 14.7 Å². The molecule has 1 rings (SSSR count). The van der Waals surface area contributed by atoms with Crippen LogP contribution in [0.4, 0.5) is 5.69 Å². The second-order valence-electron chi connectivity index (χ2n) is 4.01. The molecule has 0 saturated carbocycles. The Kier molecular flexibility index (Phi) is 4.65. The zero-order chi connectivity index (χ0) is 13.7. The number of rotatable bonds is 5. The van der Waals surface area contributed by atoms with Crippen molar-refractivity contribution in [3.8, 4) is 0 Å². The molecule has 1 aromatic heterocycles. The minimum atomic E-state index is -0.930. The SMILES string of the molecule is COC(=O)c1cc(N(CC(=O)O)C(C)C)ccn1. The summed E-state index contributed by atoms with van der Waals surface area (Å²) in [5.41, 5.74) is 0.786. The van der Waals surface area contributed by atoms with Crippen molar-refractivity contribution >= 4 is 17.6 Å². The lowest BCUT2D eigenvalue weighted by Crippen LogP contribution is -2.35. The van der Waals surface area contributed by atoms with Gasteiger partial charge in [0.05, 0.1) is 7.11 Å². The molecule has 0 spiro atoms. The van der Waals surface area contributed by atoms with E-state index in [4.69, 9.17) is 5.11 Å². The van der Waals surface area contributed by atoms with Crippen LogP contribution in [0, 0.1) is 0 Å². The highest BCUT2D eigenvalue weighted by Gasteiger charge is 2.16. The van der Waals surface area contributed by atoms with Crippen LogP contribution < -0.4 is 4.90 Å². The zero-order valence-corrected chi connectivity index (χ0v) is 10.6. The molecular formula is C12H16N2O4. The van der Waals surface area contributed by atoms with E-state index in [-0.39, 0.29) is 18.3 Å². The van der Waals surface area contributed by atoms with Gasteiger partial charge in [0, 0.05) is 17.9 Å². The molecule has 0 unspecified atom stereocenters. The van der Waals surface area contributed by atoms with Gasteiger partial charge in [-0.15, -0.1) is 0 Å². The number of nitrogens with zero attached hydrogens (tertiary/aromatic N) is 2. The smallest absolute Gasteiger partial charge is 0.356 e. The fourth-order valence-electron chi connectivity index (χ4n) is 1.53. The topological polar surface area (TPSA) is 79.7 Å². The summed E-state index contributed by atoms with van der Waals surface area (Å²) >= 11 is 0. The number of ether oxygens (including phenoxy) is 1. The number of carboxylic acid groups (broad SMARTS) is 1. The Hall–Kier alpha value is -2.11. The van der Waals surface area contributed by atoms with Gasteiger partial charge in [-0.3, -0.25) is 4.79 Å². The summed E-state index contributed by atoms with van der Waals surface area (Å²) in [7, 11) is 1.27. The van der Waals surface area contributed by atoms with E-state index in [9.17, 15) is 9.59 Å². The molecule has 0 saturated heterocycles. The van der Waals surface area contributed by atoms with Gasteiger partial charge in [-0.2, -0.15) is 0 Å². The molecule has 6 nitrogen and oxygen atoms in total. The summed E-state index contributed by atoms with van der Waals surface area (Å²) in [5, 5.41) is 8.87. The fourth-order valence-corrected chi connectivity index (χ4v) is 1.53. The van der Waals surface area contributed by atoms with Crippen LogP contribution in [0.3, 0.4) is 0 Å². The van der Waals surface area contributed by atoms with Crippen LogP contribution in [0.25, 0.3) is 0 Å². The predicted octanol–water partition coefficient (Wildman–Crippen LogP) is 1.17. The first-order valence-corrected chi connectivity index (χ1v) is 5.48. The first kappa shape index (κ1) is 14.0. The Labute approximate surface area is 105 Å². The molecule has 0 aliphatic heterocycles. The van der Waals surface area contributed by atoms with E-state index in [1.165, 1.54) is 19.4 Å². The van der Waals surface area contributed by atoms with Crippen LogP contribution in [-0.4, -0.2) is 41.7 Å². The second-order valence-corrected chi connectivity index (χ2v) is 4.01. The molecule has 98 valence electrons. The first-order valence-electron chi connectivity index (χ1n) is 5.48. The highest BCUT2D eigenvalue weighted by atomic mass is 16.5. The van der Waals surface area contributed by atoms with Gasteiger partial charge in [0.2, 0.25) is 0 Å². The van der Waals surface area contributed by atoms with E-state index in [2.05, 4.69) is 9.72 Å². The highest BCUT2D eigenvalue weighted by Crippen LogP contribution is 2.17. The third kappa shape index (κ3) is 3.44. The zero-order valence-electron chi connectivity index (χ0n) is 10.6. The number of hydrogen-bond donors (Lipinski definition) is 1. The van der Waals surface area contributed by atoms with Crippen molar-refractivity contribution in [2.45, 2.75) is 19.9 Å². The predicted molar refractivity (Wildman–Crippen MR) is 65.7 cm³/mol. The summed E-state index contributed by atoms with van der Waals surface area (Å²) < 4.78 is 4.58. The third-order valence-electron chi connectivity index (χ3n) is 2.40. The van der Waals surface area contributed by atoms with E-state index in [1.807, 2.05) is 13.8 Å². The van der Waals surface area contributed by atoms with Crippen molar-refractivity contribution in [1.29, 1.82) is 0 Å². The Bertz CT molecular complexity index is 445. The quantitative estimate of drug-likeness (QED) is 0.792. The van der Waals surface area contributed by atoms with Crippen LogP contribution in [0.1, 0.15) is 24.3 Å². The number of carboxylic acids is 1. The largest absolute Gasteiger partial charge is 0.480 e. The number of aromatic nitrogens is 1. The Morgan fingerprint density at radius 3 is 2.67 bits per heavy atom. The number of carbonyl (C=O) groups is 2. The van der Waals surface area contributed by atoms with Crippen molar-refractivity contribution in [1.82, 2.24) is 4.98 Å². The Balaban J connectivity index is 3.05. The molecule has 0 bridgehead atoms. The van der Waals surface area contributed by atoms with Gasteiger partial charge in [-0.25, -0.2) is 9.78 Å². The maximum absolute atomic E-state index is 11.4. The first-order chi connectivity index (χ1) is 8.45. The van der Waals surface area contributed by atoms with E-state index in [1.54, 1.807) is 11.0 Å². The molecule has 18 heavy (non-hydrogen) atoms. The van der Waals surface area contributed by atoms with E-state index in [0.717, 1.165) is 0 Å².